The summed E-state index contributed by atoms with van der Waals surface area (Å²) in [4.78, 5) is 14.4. The van der Waals surface area contributed by atoms with Crippen LogP contribution in [0.5, 0.6) is 0 Å². The van der Waals surface area contributed by atoms with Gasteiger partial charge in [-0.05, 0) is 71.5 Å². The smallest absolute Gasteiger partial charge is 0.416 e. The summed E-state index contributed by atoms with van der Waals surface area (Å²) in [6.45, 7) is 0.908. The highest BCUT2D eigenvalue weighted by Crippen LogP contribution is 2.43. The van der Waals surface area contributed by atoms with Gasteiger partial charge in [0.2, 0.25) is 0 Å². The molecule has 1 amide bonds. The quantitative estimate of drug-likeness (QED) is 0.218. The Labute approximate surface area is 230 Å². The number of thiophene rings is 1. The Morgan fingerprint density at radius 3 is 1.98 bits per heavy atom. The minimum atomic E-state index is -5.11. The van der Waals surface area contributed by atoms with Gasteiger partial charge in [-0.15, -0.1) is 11.3 Å². The second-order valence-electron chi connectivity index (χ2n) is 9.53. The monoisotopic (exact) mass is 603 g/mol. The fourth-order valence-electron chi connectivity index (χ4n) is 4.74. The van der Waals surface area contributed by atoms with E-state index in [1.165, 1.54) is 24.3 Å². The number of nitrogens with zero attached hydrogens (tertiary/aromatic N) is 1. The zero-order valence-corrected chi connectivity index (χ0v) is 21.6. The van der Waals surface area contributed by atoms with Gasteiger partial charge < -0.3 is 4.74 Å². The van der Waals surface area contributed by atoms with Crippen LogP contribution in [0.4, 0.5) is 44.3 Å². The molecule has 3 aromatic carbocycles. The lowest BCUT2D eigenvalue weighted by molar-refractivity contribution is -0.143. The molecule has 1 aliphatic heterocycles. The summed E-state index contributed by atoms with van der Waals surface area (Å²) < 4.78 is 127. The van der Waals surface area contributed by atoms with Crippen molar-refractivity contribution >= 4 is 27.5 Å². The fraction of sp³-hybridized carbons (Fsp3) is 0.250. The van der Waals surface area contributed by atoms with Crippen LogP contribution in [0.2, 0.25) is 0 Å². The minimum Gasteiger partial charge on any atom is -0.439 e. The summed E-state index contributed by atoms with van der Waals surface area (Å²) in [7, 11) is 0. The number of ether oxygens (including phenoxy) is 1. The normalized spacial score (nSPS) is 18.3. The predicted octanol–water partition coefficient (Wildman–Crippen LogP) is 9.71. The lowest BCUT2D eigenvalue weighted by atomic mass is 9.96. The van der Waals surface area contributed by atoms with Gasteiger partial charge in [-0.2, -0.15) is 39.5 Å². The van der Waals surface area contributed by atoms with Gasteiger partial charge in [0.1, 0.15) is 6.10 Å². The second kappa shape index (κ2) is 9.97. The van der Waals surface area contributed by atoms with Gasteiger partial charge in [0.15, 0.2) is 0 Å². The molecule has 2 unspecified atom stereocenters. The summed E-state index contributed by atoms with van der Waals surface area (Å²) in [5.74, 6) is 0. The van der Waals surface area contributed by atoms with E-state index >= 15 is 0 Å². The Morgan fingerprint density at radius 2 is 1.39 bits per heavy atom. The van der Waals surface area contributed by atoms with E-state index in [0.717, 1.165) is 27.1 Å². The van der Waals surface area contributed by atoms with E-state index in [2.05, 4.69) is 0 Å². The largest absolute Gasteiger partial charge is 0.439 e. The Morgan fingerprint density at radius 1 is 0.780 bits per heavy atom. The maximum atomic E-state index is 13.6. The van der Waals surface area contributed by atoms with E-state index < -0.39 is 65.6 Å². The van der Waals surface area contributed by atoms with E-state index in [4.69, 9.17) is 4.74 Å². The molecule has 216 valence electrons. The summed E-state index contributed by atoms with van der Waals surface area (Å²) >= 11 is 1.31. The Kier molecular flexibility index (Phi) is 6.99. The van der Waals surface area contributed by atoms with E-state index in [-0.39, 0.29) is 11.6 Å². The van der Waals surface area contributed by atoms with E-state index in [9.17, 15) is 44.3 Å². The predicted molar refractivity (Wildman–Crippen MR) is 133 cm³/mol. The average molecular weight is 604 g/mol. The zero-order valence-electron chi connectivity index (χ0n) is 20.8. The van der Waals surface area contributed by atoms with Gasteiger partial charge in [0.25, 0.3) is 0 Å². The van der Waals surface area contributed by atoms with Gasteiger partial charge in [-0.25, -0.2) is 4.79 Å². The number of halogens is 9. The first-order chi connectivity index (χ1) is 19.0. The molecule has 0 N–H and O–H groups in total. The molecule has 0 radical (unpaired) electrons. The van der Waals surface area contributed by atoms with Crippen LogP contribution in [0.3, 0.4) is 0 Å². The lowest BCUT2D eigenvalue weighted by Crippen LogP contribution is -2.31. The summed E-state index contributed by atoms with van der Waals surface area (Å²) in [6, 6.07) is 11.9. The molecule has 1 aromatic heterocycles. The number of hydrogen-bond donors (Lipinski definition) is 0. The number of hydrogen-bond acceptors (Lipinski definition) is 3. The Balaban J connectivity index is 1.54. The molecule has 0 saturated carbocycles. The number of cyclic esters (lactones) is 1. The second-order valence-corrected chi connectivity index (χ2v) is 10.6. The van der Waals surface area contributed by atoms with Crippen LogP contribution < -0.4 is 0 Å². The third kappa shape index (κ3) is 5.72. The van der Waals surface area contributed by atoms with Crippen molar-refractivity contribution in [1.29, 1.82) is 0 Å². The number of alkyl halides is 9. The standard InChI is InChI=1S/C28H18F9NO2S/c1-14-24(16-8-19(27(32,33)34)12-20(9-16)28(35,36)37)40-25(39)38(14)13-17-10-18(26(29,30)31)6-7-21(17)23-11-15-4-2-3-5-22(15)41-23/h2-12,14,24H,13H2,1H3. The van der Waals surface area contributed by atoms with Gasteiger partial charge >= 0.3 is 24.6 Å². The number of fused-ring (bicyclic) bond motifs is 1. The van der Waals surface area contributed by atoms with Gasteiger partial charge in [0.05, 0.1) is 29.3 Å². The first kappa shape index (κ1) is 28.8. The van der Waals surface area contributed by atoms with E-state index in [1.807, 2.05) is 12.1 Å². The number of carbonyl (C=O) groups is 1. The molecular formula is C28H18F9NO2S. The van der Waals surface area contributed by atoms with Crippen molar-refractivity contribution in [2.24, 2.45) is 0 Å². The van der Waals surface area contributed by atoms with Crippen molar-refractivity contribution in [3.8, 4) is 10.4 Å². The zero-order chi connectivity index (χ0) is 29.9. The number of benzene rings is 3. The molecular weight excluding hydrogens is 585 g/mol. The summed E-state index contributed by atoms with van der Waals surface area (Å²) in [5, 5.41) is 0.845. The first-order valence-corrected chi connectivity index (χ1v) is 12.8. The number of amides is 1. The fourth-order valence-corrected chi connectivity index (χ4v) is 5.87. The highest BCUT2D eigenvalue weighted by molar-refractivity contribution is 7.22. The molecule has 13 heteroatoms. The maximum absolute atomic E-state index is 13.6. The molecule has 0 aliphatic carbocycles. The van der Waals surface area contributed by atoms with Crippen LogP contribution in [0.15, 0.2) is 66.7 Å². The molecule has 1 fully saturated rings. The highest BCUT2D eigenvalue weighted by Gasteiger charge is 2.43. The molecule has 3 nitrogen and oxygen atoms in total. The molecule has 2 atom stereocenters. The van der Waals surface area contributed by atoms with Gasteiger partial charge in [-0.1, -0.05) is 24.3 Å². The highest BCUT2D eigenvalue weighted by atomic mass is 32.1. The van der Waals surface area contributed by atoms with E-state index in [1.54, 1.807) is 18.2 Å². The maximum Gasteiger partial charge on any atom is 0.416 e. The van der Waals surface area contributed by atoms with Crippen LogP contribution in [0.25, 0.3) is 20.5 Å². The summed E-state index contributed by atoms with van der Waals surface area (Å²) in [5.41, 5.74) is -4.20. The molecule has 5 rings (SSSR count). The van der Waals surface area contributed by atoms with Crippen LogP contribution in [0, 0.1) is 0 Å². The first-order valence-electron chi connectivity index (χ1n) is 12.0. The molecule has 4 aromatic rings. The van der Waals surface area contributed by atoms with Crippen molar-refractivity contribution in [3.05, 3.63) is 94.5 Å². The molecule has 1 saturated heterocycles. The Hall–Kier alpha value is -3.74. The van der Waals surface area contributed by atoms with Gasteiger partial charge in [0, 0.05) is 9.58 Å². The number of carbonyl (C=O) groups excluding carboxylic acids is 1. The Bertz CT molecular complexity index is 1560. The number of rotatable bonds is 4. The SMILES string of the molecule is CC1C(c2cc(C(F)(F)F)cc(C(F)(F)F)c2)OC(=O)N1Cc1cc(C(F)(F)F)ccc1-c1cc2ccccc2s1. The third-order valence-electron chi connectivity index (χ3n) is 6.79. The van der Waals surface area contributed by atoms with Crippen LogP contribution in [0.1, 0.15) is 40.8 Å². The molecule has 0 bridgehead atoms. The van der Waals surface area contributed by atoms with Crippen molar-refractivity contribution in [2.45, 2.75) is 44.1 Å². The van der Waals surface area contributed by atoms with E-state index in [0.29, 0.717) is 22.6 Å². The molecule has 0 spiro atoms. The third-order valence-corrected chi connectivity index (χ3v) is 7.94. The van der Waals surface area contributed by atoms with Crippen molar-refractivity contribution in [3.63, 3.8) is 0 Å². The topological polar surface area (TPSA) is 29.5 Å². The van der Waals surface area contributed by atoms with Crippen LogP contribution in [-0.4, -0.2) is 17.0 Å². The molecule has 1 aliphatic rings. The van der Waals surface area contributed by atoms with Crippen molar-refractivity contribution in [2.75, 3.05) is 0 Å². The molecule has 2 heterocycles. The summed E-state index contributed by atoms with van der Waals surface area (Å²) in [6.07, 6.45) is -17.6. The average Bonchev–Trinajstić information content (AvgIpc) is 3.43. The van der Waals surface area contributed by atoms with Crippen molar-refractivity contribution < 1.29 is 49.0 Å². The van der Waals surface area contributed by atoms with Crippen LogP contribution >= 0.6 is 11.3 Å². The van der Waals surface area contributed by atoms with Crippen molar-refractivity contribution in [1.82, 2.24) is 4.90 Å². The molecule has 41 heavy (non-hydrogen) atoms. The minimum absolute atomic E-state index is 0.0391. The van der Waals surface area contributed by atoms with Gasteiger partial charge in [-0.3, -0.25) is 4.90 Å². The van der Waals surface area contributed by atoms with Crippen LogP contribution in [-0.2, 0) is 29.8 Å². The lowest BCUT2D eigenvalue weighted by Gasteiger charge is -2.23.